The number of fused-ring (bicyclic) bond motifs is 2. The van der Waals surface area contributed by atoms with Gasteiger partial charge in [0.15, 0.2) is 5.89 Å². The number of pyridine rings is 1. The second kappa shape index (κ2) is 6.79. The second-order valence-electron chi connectivity index (χ2n) is 7.78. The predicted octanol–water partition coefficient (Wildman–Crippen LogP) is 3.42. The number of hydrogen-bond donors (Lipinski definition) is 1. The molecule has 152 valence electrons. The number of aromatic nitrogens is 2. The van der Waals surface area contributed by atoms with E-state index in [4.69, 9.17) is 4.42 Å². The van der Waals surface area contributed by atoms with Gasteiger partial charge in [-0.1, -0.05) is 31.2 Å². The Kier molecular flexibility index (Phi) is 4.20. The average Bonchev–Trinajstić information content (AvgIpc) is 3.43. The van der Waals surface area contributed by atoms with Crippen LogP contribution in [0, 0.1) is 6.92 Å². The summed E-state index contributed by atoms with van der Waals surface area (Å²) in [5.74, 6) is 0.440. The summed E-state index contributed by atoms with van der Waals surface area (Å²) in [4.78, 5) is 37.3. The van der Waals surface area contributed by atoms with Crippen LogP contribution in [-0.4, -0.2) is 33.2 Å². The van der Waals surface area contributed by atoms with Crippen molar-refractivity contribution >= 4 is 17.5 Å². The molecule has 4 heterocycles. The topological polar surface area (TPSA) is 88.3 Å². The molecule has 0 radical (unpaired) electrons. The lowest BCUT2D eigenvalue weighted by molar-refractivity contribution is -0.121. The molecule has 7 nitrogen and oxygen atoms in total. The number of rotatable bonds is 3. The van der Waals surface area contributed by atoms with Crippen LogP contribution in [0.3, 0.4) is 0 Å². The molecule has 1 spiro atoms. The van der Waals surface area contributed by atoms with Gasteiger partial charge in [-0.15, -0.1) is 0 Å². The number of likely N-dealkylation sites (tertiary alicyclic amines) is 1. The predicted molar refractivity (Wildman–Crippen MR) is 110 cm³/mol. The molecule has 1 saturated heterocycles. The molecule has 2 aliphatic heterocycles. The number of para-hydroxylation sites is 1. The monoisotopic (exact) mass is 402 g/mol. The quantitative estimate of drug-likeness (QED) is 0.725. The van der Waals surface area contributed by atoms with E-state index in [1.807, 2.05) is 43.3 Å². The van der Waals surface area contributed by atoms with Crippen molar-refractivity contribution in [1.29, 1.82) is 0 Å². The molecule has 2 atom stereocenters. The minimum Gasteiger partial charge on any atom is -0.435 e. The fraction of sp³-hybridized carbons (Fsp3) is 0.304. The van der Waals surface area contributed by atoms with Gasteiger partial charge in [0.1, 0.15) is 5.41 Å². The number of amides is 2. The highest BCUT2D eigenvalue weighted by Gasteiger charge is 2.59. The number of carbonyl (C=O) groups excluding carboxylic acids is 2. The van der Waals surface area contributed by atoms with Crippen LogP contribution >= 0.6 is 0 Å². The van der Waals surface area contributed by atoms with Gasteiger partial charge in [-0.2, -0.15) is 0 Å². The third kappa shape index (κ3) is 2.51. The van der Waals surface area contributed by atoms with Crippen molar-refractivity contribution in [1.82, 2.24) is 14.9 Å². The van der Waals surface area contributed by atoms with E-state index in [9.17, 15) is 9.59 Å². The van der Waals surface area contributed by atoms with E-state index in [1.165, 1.54) is 0 Å². The molecule has 0 bridgehead atoms. The van der Waals surface area contributed by atoms with Gasteiger partial charge in [0.2, 0.25) is 11.7 Å². The highest BCUT2D eigenvalue weighted by molar-refractivity contribution is 6.08. The van der Waals surface area contributed by atoms with Crippen LogP contribution in [0.15, 0.2) is 53.2 Å². The van der Waals surface area contributed by atoms with Gasteiger partial charge in [-0.25, -0.2) is 4.98 Å². The molecule has 1 fully saturated rings. The second-order valence-corrected chi connectivity index (χ2v) is 7.78. The van der Waals surface area contributed by atoms with Crippen molar-refractivity contribution < 1.29 is 14.0 Å². The molecule has 7 heteroatoms. The average molecular weight is 402 g/mol. The van der Waals surface area contributed by atoms with Crippen molar-refractivity contribution in [2.75, 3.05) is 11.9 Å². The first kappa shape index (κ1) is 18.5. The van der Waals surface area contributed by atoms with Crippen LogP contribution in [-0.2, 0) is 16.6 Å². The number of benzene rings is 1. The molecular formula is C23H22N4O3. The summed E-state index contributed by atoms with van der Waals surface area (Å²) in [6.45, 7) is 4.14. The Balaban J connectivity index is 1.66. The van der Waals surface area contributed by atoms with Crippen LogP contribution in [0.1, 0.15) is 52.7 Å². The zero-order valence-corrected chi connectivity index (χ0v) is 16.9. The normalized spacial score (nSPS) is 22.4. The van der Waals surface area contributed by atoms with Gasteiger partial charge >= 0.3 is 0 Å². The van der Waals surface area contributed by atoms with Crippen LogP contribution in [0.2, 0.25) is 0 Å². The molecule has 3 aromatic rings. The maximum absolute atomic E-state index is 13.6. The molecular weight excluding hydrogens is 380 g/mol. The van der Waals surface area contributed by atoms with Crippen molar-refractivity contribution in [3.63, 3.8) is 0 Å². The van der Waals surface area contributed by atoms with Crippen molar-refractivity contribution in [3.05, 3.63) is 77.3 Å². The fourth-order valence-electron chi connectivity index (χ4n) is 4.84. The van der Waals surface area contributed by atoms with Crippen LogP contribution in [0.25, 0.3) is 0 Å². The number of nitrogens with one attached hydrogen (secondary N) is 1. The van der Waals surface area contributed by atoms with E-state index >= 15 is 0 Å². The van der Waals surface area contributed by atoms with E-state index < -0.39 is 11.5 Å². The lowest BCUT2D eigenvalue weighted by Gasteiger charge is -2.33. The van der Waals surface area contributed by atoms with Crippen LogP contribution in [0.5, 0.6) is 0 Å². The molecule has 2 unspecified atom stereocenters. The van der Waals surface area contributed by atoms with E-state index in [1.54, 1.807) is 24.2 Å². The van der Waals surface area contributed by atoms with Gasteiger partial charge < -0.3 is 14.6 Å². The third-order valence-corrected chi connectivity index (χ3v) is 6.19. The molecule has 2 aliphatic rings. The Bertz CT molecular complexity index is 1140. The highest BCUT2D eigenvalue weighted by atomic mass is 16.4. The summed E-state index contributed by atoms with van der Waals surface area (Å²) in [5.41, 5.74) is 2.25. The minimum atomic E-state index is -0.864. The van der Waals surface area contributed by atoms with Gasteiger partial charge in [0.25, 0.3) is 5.91 Å². The molecule has 30 heavy (non-hydrogen) atoms. The Hall–Kier alpha value is -3.48. The lowest BCUT2D eigenvalue weighted by Crippen LogP contribution is -2.42. The summed E-state index contributed by atoms with van der Waals surface area (Å²) in [6.07, 6.45) is 4.56. The first-order valence-electron chi connectivity index (χ1n) is 10.1. The summed E-state index contributed by atoms with van der Waals surface area (Å²) < 4.78 is 5.75. The van der Waals surface area contributed by atoms with E-state index in [-0.39, 0.29) is 17.6 Å². The maximum Gasteiger partial charge on any atom is 0.292 e. The Labute approximate surface area is 174 Å². The first-order valence-corrected chi connectivity index (χ1v) is 10.1. The number of nitrogens with zero attached hydrogens (tertiary/aromatic N) is 3. The third-order valence-electron chi connectivity index (χ3n) is 6.19. The van der Waals surface area contributed by atoms with E-state index in [0.29, 0.717) is 31.0 Å². The zero-order chi connectivity index (χ0) is 20.9. The van der Waals surface area contributed by atoms with Gasteiger partial charge in [-0.3, -0.25) is 14.6 Å². The number of anilines is 1. The van der Waals surface area contributed by atoms with E-state index in [0.717, 1.165) is 16.8 Å². The lowest BCUT2D eigenvalue weighted by atomic mass is 9.73. The number of carbonyl (C=O) groups is 2. The van der Waals surface area contributed by atoms with Crippen LogP contribution < -0.4 is 5.32 Å². The SMILES string of the molecule is CCc1nc(C)c(C(=O)N2CCC3(C(=O)Nc4ccccc43)C2c2cccnc2)o1. The molecule has 0 aliphatic carbocycles. The fourth-order valence-corrected chi connectivity index (χ4v) is 4.84. The van der Waals surface area contributed by atoms with Crippen molar-refractivity contribution in [3.8, 4) is 0 Å². The molecule has 2 amide bonds. The maximum atomic E-state index is 13.6. The number of oxazole rings is 1. The number of aryl methyl sites for hydroxylation is 2. The Morgan fingerprint density at radius 1 is 1.30 bits per heavy atom. The summed E-state index contributed by atoms with van der Waals surface area (Å²) >= 11 is 0. The standard InChI is InChI=1S/C23H22N4O3/c1-3-18-25-14(2)19(30-18)21(28)27-12-10-23(20(27)15-7-6-11-24-13-15)16-8-4-5-9-17(16)26-22(23)29/h4-9,11,13,20H,3,10,12H2,1-2H3,(H,26,29). The molecule has 5 rings (SSSR count). The van der Waals surface area contributed by atoms with Gasteiger partial charge in [-0.05, 0) is 36.6 Å². The largest absolute Gasteiger partial charge is 0.435 e. The van der Waals surface area contributed by atoms with Crippen molar-refractivity contribution in [2.24, 2.45) is 0 Å². The minimum absolute atomic E-state index is 0.0867. The smallest absolute Gasteiger partial charge is 0.292 e. The zero-order valence-electron chi connectivity index (χ0n) is 16.9. The first-order chi connectivity index (χ1) is 14.6. The van der Waals surface area contributed by atoms with Crippen LogP contribution in [0.4, 0.5) is 5.69 Å². The Morgan fingerprint density at radius 3 is 2.87 bits per heavy atom. The summed E-state index contributed by atoms with van der Waals surface area (Å²) in [6, 6.07) is 11.0. The molecule has 1 aromatic carbocycles. The Morgan fingerprint density at radius 2 is 2.13 bits per heavy atom. The summed E-state index contributed by atoms with van der Waals surface area (Å²) in [7, 11) is 0. The molecule has 2 aromatic heterocycles. The van der Waals surface area contributed by atoms with Gasteiger partial charge in [0.05, 0.1) is 11.7 Å². The highest BCUT2D eigenvalue weighted by Crippen LogP contribution is 2.54. The summed E-state index contributed by atoms with van der Waals surface area (Å²) in [5, 5.41) is 3.02. The molecule has 1 N–H and O–H groups in total. The van der Waals surface area contributed by atoms with Gasteiger partial charge in [0, 0.05) is 31.0 Å². The van der Waals surface area contributed by atoms with E-state index in [2.05, 4.69) is 15.3 Å². The number of hydrogen-bond acceptors (Lipinski definition) is 5. The van der Waals surface area contributed by atoms with Crippen molar-refractivity contribution in [2.45, 2.75) is 38.1 Å². The molecule has 0 saturated carbocycles.